The second-order valence-corrected chi connectivity index (χ2v) is 10.7. The van der Waals surface area contributed by atoms with E-state index < -0.39 is 8.32 Å². The van der Waals surface area contributed by atoms with Gasteiger partial charge in [-0.2, -0.15) is 0 Å². The van der Waals surface area contributed by atoms with E-state index >= 15 is 0 Å². The van der Waals surface area contributed by atoms with Crippen LogP contribution in [0.3, 0.4) is 0 Å². The number of rotatable bonds is 2. The van der Waals surface area contributed by atoms with Crippen molar-refractivity contribution in [2.45, 2.75) is 58.7 Å². The predicted molar refractivity (Wildman–Crippen MR) is 69.4 cm³/mol. The van der Waals surface area contributed by atoms with Gasteiger partial charge in [-0.1, -0.05) is 32.4 Å². The van der Waals surface area contributed by atoms with Gasteiger partial charge in [-0.3, -0.25) is 0 Å². The van der Waals surface area contributed by atoms with Crippen LogP contribution in [0, 0.1) is 0 Å². The van der Waals surface area contributed by atoms with Gasteiger partial charge < -0.3 is 4.43 Å². The molecule has 0 bridgehead atoms. The van der Waals surface area contributed by atoms with E-state index in [1.165, 1.54) is 11.3 Å². The summed E-state index contributed by atoms with van der Waals surface area (Å²) in [5.74, 6) is 1.19. The summed E-state index contributed by atoms with van der Waals surface area (Å²) >= 11 is 0. The first-order chi connectivity index (χ1) is 6.72. The van der Waals surface area contributed by atoms with Crippen molar-refractivity contribution < 1.29 is 4.43 Å². The molecule has 0 fully saturated rings. The zero-order chi connectivity index (χ0) is 11.7. The minimum absolute atomic E-state index is 0.296. The number of hydrogen-bond acceptors (Lipinski definition) is 1. The molecule has 1 nitrogen and oxygen atoms in total. The fraction of sp³-hybridized carbons (Fsp3) is 0.692. The van der Waals surface area contributed by atoms with Crippen molar-refractivity contribution in [3.8, 4) is 0 Å². The molecule has 0 saturated heterocycles. The number of allylic oxidation sites excluding steroid dienone is 3. The Labute approximate surface area is 95.4 Å². The molecule has 0 atom stereocenters. The summed E-state index contributed by atoms with van der Waals surface area (Å²) < 4.78 is 6.25. The Morgan fingerprint density at radius 3 is 2.13 bits per heavy atom. The molecule has 0 aromatic carbocycles. The SMILES string of the molecule is CC1=CCC(O[Si](C)(C)C(C)(C)C)=CC1. The summed E-state index contributed by atoms with van der Waals surface area (Å²) in [7, 11) is -1.61. The quantitative estimate of drug-likeness (QED) is 0.491. The highest BCUT2D eigenvalue weighted by molar-refractivity contribution is 6.74. The third-order valence-electron chi connectivity index (χ3n) is 3.50. The summed E-state index contributed by atoms with van der Waals surface area (Å²) in [4.78, 5) is 0. The van der Waals surface area contributed by atoms with Crippen molar-refractivity contribution in [1.29, 1.82) is 0 Å². The van der Waals surface area contributed by atoms with Crippen molar-refractivity contribution in [3.63, 3.8) is 0 Å². The molecular weight excluding hydrogens is 200 g/mol. The maximum atomic E-state index is 6.25. The molecule has 2 heteroatoms. The van der Waals surface area contributed by atoms with Crippen molar-refractivity contribution in [1.82, 2.24) is 0 Å². The van der Waals surface area contributed by atoms with Crippen LogP contribution < -0.4 is 0 Å². The van der Waals surface area contributed by atoms with Gasteiger partial charge in [0.05, 0.1) is 5.76 Å². The third-order valence-corrected chi connectivity index (χ3v) is 7.88. The van der Waals surface area contributed by atoms with Crippen LogP contribution in [0.5, 0.6) is 0 Å². The summed E-state index contributed by atoms with van der Waals surface area (Å²) in [5, 5.41) is 0.296. The van der Waals surface area contributed by atoms with Gasteiger partial charge in [0.1, 0.15) is 0 Å². The largest absolute Gasteiger partial charge is 0.547 e. The number of hydrogen-bond donors (Lipinski definition) is 0. The standard InChI is InChI=1S/C13H24OSi/c1-11-7-9-12(10-8-11)14-15(5,6)13(2,3)4/h7,10H,8-9H2,1-6H3. The summed E-state index contributed by atoms with van der Waals surface area (Å²) in [6.45, 7) is 13.6. The van der Waals surface area contributed by atoms with E-state index in [-0.39, 0.29) is 0 Å². The minimum Gasteiger partial charge on any atom is -0.547 e. The maximum absolute atomic E-state index is 6.25. The maximum Gasteiger partial charge on any atom is 0.250 e. The molecule has 1 aliphatic carbocycles. The van der Waals surface area contributed by atoms with Crippen LogP contribution in [0.25, 0.3) is 0 Å². The lowest BCUT2D eigenvalue weighted by Gasteiger charge is -2.37. The molecule has 1 aliphatic rings. The highest BCUT2D eigenvalue weighted by Crippen LogP contribution is 2.38. The van der Waals surface area contributed by atoms with Gasteiger partial charge in [-0.15, -0.1) is 0 Å². The van der Waals surface area contributed by atoms with Crippen LogP contribution in [-0.2, 0) is 4.43 Å². The third kappa shape index (κ3) is 3.23. The topological polar surface area (TPSA) is 9.23 Å². The molecule has 1 rings (SSSR count). The Bertz CT molecular complexity index is 292. The summed E-state index contributed by atoms with van der Waals surface area (Å²) in [6.07, 6.45) is 6.57. The molecule has 0 aromatic heterocycles. The molecule has 0 unspecified atom stereocenters. The van der Waals surface area contributed by atoms with Gasteiger partial charge in [0.15, 0.2) is 0 Å². The molecule has 0 amide bonds. The molecule has 0 spiro atoms. The molecule has 0 aromatic rings. The average molecular weight is 224 g/mol. The van der Waals surface area contributed by atoms with Crippen molar-refractivity contribution in [2.24, 2.45) is 0 Å². The van der Waals surface area contributed by atoms with Crippen molar-refractivity contribution in [2.75, 3.05) is 0 Å². The first-order valence-electron chi connectivity index (χ1n) is 5.76. The first-order valence-corrected chi connectivity index (χ1v) is 8.67. The molecule has 0 radical (unpaired) electrons. The summed E-state index contributed by atoms with van der Waals surface area (Å²) in [5.41, 5.74) is 1.46. The molecule has 0 aliphatic heterocycles. The van der Waals surface area contributed by atoms with E-state index in [0.29, 0.717) is 5.04 Å². The Morgan fingerprint density at radius 1 is 1.13 bits per heavy atom. The van der Waals surface area contributed by atoms with Gasteiger partial charge in [0.25, 0.3) is 0 Å². The van der Waals surface area contributed by atoms with Crippen molar-refractivity contribution >= 4 is 8.32 Å². The highest BCUT2D eigenvalue weighted by Gasteiger charge is 2.39. The van der Waals surface area contributed by atoms with Gasteiger partial charge in [-0.25, -0.2) is 0 Å². The Kier molecular flexibility index (Phi) is 3.49. The fourth-order valence-corrected chi connectivity index (χ4v) is 2.41. The first kappa shape index (κ1) is 12.6. The Balaban J connectivity index is 2.64. The Hall–Kier alpha value is -0.503. The molecule has 15 heavy (non-hydrogen) atoms. The second kappa shape index (κ2) is 4.16. The lowest BCUT2D eigenvalue weighted by Crippen LogP contribution is -2.40. The molecule has 0 N–H and O–H groups in total. The fourth-order valence-electron chi connectivity index (χ4n) is 1.28. The van der Waals surface area contributed by atoms with E-state index in [4.69, 9.17) is 4.43 Å². The smallest absolute Gasteiger partial charge is 0.250 e. The highest BCUT2D eigenvalue weighted by atomic mass is 28.4. The minimum atomic E-state index is -1.61. The van der Waals surface area contributed by atoms with Crippen LogP contribution in [0.1, 0.15) is 40.5 Å². The van der Waals surface area contributed by atoms with E-state index in [2.05, 4.69) is 52.9 Å². The van der Waals surface area contributed by atoms with E-state index in [9.17, 15) is 0 Å². The monoisotopic (exact) mass is 224 g/mol. The van der Waals surface area contributed by atoms with Crippen molar-refractivity contribution in [3.05, 3.63) is 23.5 Å². The average Bonchev–Trinajstić information content (AvgIpc) is 2.06. The summed E-state index contributed by atoms with van der Waals surface area (Å²) in [6, 6.07) is 0. The van der Waals surface area contributed by atoms with E-state index in [1.807, 2.05) is 0 Å². The van der Waals surface area contributed by atoms with Crippen LogP contribution in [0.4, 0.5) is 0 Å². The van der Waals surface area contributed by atoms with Gasteiger partial charge in [0, 0.05) is 6.42 Å². The molecule has 0 heterocycles. The van der Waals surface area contributed by atoms with Crippen LogP contribution in [-0.4, -0.2) is 8.32 Å². The van der Waals surface area contributed by atoms with E-state index in [1.54, 1.807) is 0 Å². The lowest BCUT2D eigenvalue weighted by atomic mass is 10.1. The van der Waals surface area contributed by atoms with Gasteiger partial charge in [0.2, 0.25) is 8.32 Å². The lowest BCUT2D eigenvalue weighted by molar-refractivity contribution is 0.372. The second-order valence-electron chi connectivity index (χ2n) is 5.99. The van der Waals surface area contributed by atoms with Gasteiger partial charge in [-0.05, 0) is 37.6 Å². The van der Waals surface area contributed by atoms with Gasteiger partial charge >= 0.3 is 0 Å². The predicted octanol–water partition coefficient (Wildman–Crippen LogP) is 4.63. The molecule has 0 saturated carbocycles. The Morgan fingerprint density at radius 2 is 1.73 bits per heavy atom. The zero-order valence-electron chi connectivity index (χ0n) is 11.0. The van der Waals surface area contributed by atoms with Crippen LogP contribution in [0.15, 0.2) is 23.5 Å². The zero-order valence-corrected chi connectivity index (χ0v) is 12.0. The van der Waals surface area contributed by atoms with Crippen LogP contribution in [0.2, 0.25) is 18.1 Å². The molecular formula is C13H24OSi. The normalized spacial score (nSPS) is 18.3. The van der Waals surface area contributed by atoms with Crippen LogP contribution >= 0.6 is 0 Å². The van der Waals surface area contributed by atoms with E-state index in [0.717, 1.165) is 12.8 Å². The molecule has 86 valence electrons.